The van der Waals surface area contributed by atoms with Crippen molar-refractivity contribution < 1.29 is 39.2 Å². The highest BCUT2D eigenvalue weighted by Crippen LogP contribution is 2.00. The van der Waals surface area contributed by atoms with Gasteiger partial charge in [-0.15, -0.1) is 0 Å². The van der Waals surface area contributed by atoms with Gasteiger partial charge >= 0.3 is 11.9 Å². The smallest absolute Gasteiger partial charge is 0.330 e. The van der Waals surface area contributed by atoms with Gasteiger partial charge < -0.3 is 30.7 Å². The van der Waals surface area contributed by atoms with E-state index in [0.717, 1.165) is 38.2 Å². The van der Waals surface area contributed by atoms with Crippen molar-refractivity contribution in [2.45, 2.75) is 70.4 Å². The van der Waals surface area contributed by atoms with Gasteiger partial charge in [-0.25, -0.2) is 9.59 Å². The molecule has 0 aliphatic heterocycles. The minimum Gasteiger partial charge on any atom is -0.478 e. The van der Waals surface area contributed by atoms with E-state index in [0.29, 0.717) is 18.9 Å². The summed E-state index contributed by atoms with van der Waals surface area (Å²) < 4.78 is 4.94. The van der Waals surface area contributed by atoms with Crippen LogP contribution in [0.25, 0.3) is 0 Å². The fourth-order valence-electron chi connectivity index (χ4n) is 3.10. The van der Waals surface area contributed by atoms with Gasteiger partial charge in [0.15, 0.2) is 0 Å². The summed E-state index contributed by atoms with van der Waals surface area (Å²) in [6.07, 6.45) is 31.2. The summed E-state index contributed by atoms with van der Waals surface area (Å²) >= 11 is 0. The minimum atomic E-state index is -1.32. The molecule has 0 bridgehead atoms. The molecule has 0 rings (SSSR count). The van der Waals surface area contributed by atoms with E-state index in [-0.39, 0.29) is 13.0 Å². The number of carbonyl (C=O) groups is 4. The number of ether oxygens (including phenoxy) is 1. The Morgan fingerprint density at radius 1 is 0.714 bits per heavy atom. The van der Waals surface area contributed by atoms with Crippen LogP contribution in [0.15, 0.2) is 85.1 Å². The zero-order valence-electron chi connectivity index (χ0n) is 24.4. The van der Waals surface area contributed by atoms with Crippen LogP contribution in [-0.2, 0) is 23.9 Å². The Morgan fingerprint density at radius 2 is 1.19 bits per heavy atom. The molecule has 1 atom stereocenters. The molecule has 10 nitrogen and oxygen atoms in total. The summed E-state index contributed by atoms with van der Waals surface area (Å²) in [6.45, 7) is 0.494. The number of nitrogens with one attached hydrogen (secondary N) is 2. The number of amides is 2. The molecule has 0 aromatic rings. The highest BCUT2D eigenvalue weighted by Gasteiger charge is 2.25. The van der Waals surface area contributed by atoms with Crippen LogP contribution < -0.4 is 10.6 Å². The number of allylic oxidation sites excluding steroid dienone is 12. The summed E-state index contributed by atoms with van der Waals surface area (Å²) in [5, 5.41) is 31.6. The van der Waals surface area contributed by atoms with Crippen LogP contribution in [0.3, 0.4) is 0 Å². The summed E-state index contributed by atoms with van der Waals surface area (Å²) in [5.74, 6) is -3.55. The average molecular weight is 587 g/mol. The first-order valence-electron chi connectivity index (χ1n) is 14.1. The Kier molecular flexibility index (Phi) is 24.6. The molecule has 42 heavy (non-hydrogen) atoms. The Balaban J connectivity index is 4.38. The number of carboxylic acids is 1. The van der Waals surface area contributed by atoms with Gasteiger partial charge in [0, 0.05) is 25.1 Å². The fourth-order valence-corrected chi connectivity index (χ4v) is 3.10. The van der Waals surface area contributed by atoms with E-state index >= 15 is 0 Å². The maximum atomic E-state index is 12.4. The van der Waals surface area contributed by atoms with Gasteiger partial charge in [-0.1, -0.05) is 79.8 Å². The predicted molar refractivity (Wildman–Crippen MR) is 163 cm³/mol. The van der Waals surface area contributed by atoms with Gasteiger partial charge in [-0.3, -0.25) is 9.59 Å². The van der Waals surface area contributed by atoms with Crippen molar-refractivity contribution in [3.05, 3.63) is 85.1 Å². The Labute approximate surface area is 248 Å². The Hall–Kier alpha value is -4.02. The van der Waals surface area contributed by atoms with E-state index in [4.69, 9.17) is 20.1 Å². The first-order chi connectivity index (χ1) is 20.3. The molecule has 1 unspecified atom stereocenters. The van der Waals surface area contributed by atoms with Gasteiger partial charge in [-0.05, 0) is 44.9 Å². The molecule has 0 spiro atoms. The summed E-state index contributed by atoms with van der Waals surface area (Å²) in [7, 11) is 0. The van der Waals surface area contributed by atoms with Crippen LogP contribution in [0.1, 0.15) is 58.3 Å². The van der Waals surface area contributed by atoms with Gasteiger partial charge in [0.25, 0.3) is 0 Å². The highest BCUT2D eigenvalue weighted by molar-refractivity contribution is 5.94. The average Bonchev–Trinajstić information content (AvgIpc) is 2.97. The van der Waals surface area contributed by atoms with E-state index in [1.807, 2.05) is 18.2 Å². The van der Waals surface area contributed by atoms with E-state index < -0.39 is 49.1 Å². The Bertz CT molecular complexity index is 988. The summed E-state index contributed by atoms with van der Waals surface area (Å²) in [4.78, 5) is 47.0. The molecule has 10 heteroatoms. The van der Waals surface area contributed by atoms with Gasteiger partial charge in [-0.2, -0.15) is 0 Å². The lowest BCUT2D eigenvalue weighted by molar-refractivity contribution is -0.157. The lowest BCUT2D eigenvalue weighted by Gasteiger charge is -2.20. The van der Waals surface area contributed by atoms with Crippen LogP contribution in [0.5, 0.6) is 0 Å². The largest absolute Gasteiger partial charge is 0.478 e. The van der Waals surface area contributed by atoms with Gasteiger partial charge in [0.1, 0.15) is 12.1 Å². The van der Waals surface area contributed by atoms with Crippen LogP contribution in [0, 0.1) is 0 Å². The molecule has 0 fully saturated rings. The van der Waals surface area contributed by atoms with Gasteiger partial charge in [0.05, 0.1) is 13.2 Å². The molecule has 0 saturated carbocycles. The van der Waals surface area contributed by atoms with Crippen molar-refractivity contribution >= 4 is 23.8 Å². The van der Waals surface area contributed by atoms with E-state index in [9.17, 15) is 19.2 Å². The second-order valence-corrected chi connectivity index (χ2v) is 8.91. The zero-order chi connectivity index (χ0) is 31.3. The van der Waals surface area contributed by atoms with Crippen molar-refractivity contribution in [3.63, 3.8) is 0 Å². The third kappa shape index (κ3) is 23.8. The number of carboxylic acid groups (broad SMARTS) is 1. The third-order valence-electron chi connectivity index (χ3n) is 5.30. The molecule has 0 aliphatic rings. The minimum absolute atomic E-state index is 0.0717. The molecule has 5 N–H and O–H groups in total. The maximum absolute atomic E-state index is 12.4. The molecule has 0 radical (unpaired) electrons. The van der Waals surface area contributed by atoms with Crippen LogP contribution >= 0.6 is 0 Å². The molecule has 0 saturated heterocycles. The first kappa shape index (κ1) is 38.0. The van der Waals surface area contributed by atoms with Crippen molar-refractivity contribution in [2.24, 2.45) is 0 Å². The molecule has 0 aromatic heterocycles. The molecule has 232 valence electrons. The van der Waals surface area contributed by atoms with Crippen LogP contribution in [0.4, 0.5) is 0 Å². The SMILES string of the molecule is CCC=CCC=CCC=CCC=CCC=CCC=CCCC(=O)NC(CNC(=O)C=CC(=O)O)C(=O)OC(CO)CO. The first-order valence-corrected chi connectivity index (χ1v) is 14.1. The number of hydrogen-bond donors (Lipinski definition) is 5. The quantitative estimate of drug-likeness (QED) is 0.0689. The van der Waals surface area contributed by atoms with Crippen LogP contribution in [0.2, 0.25) is 0 Å². The van der Waals surface area contributed by atoms with Crippen molar-refractivity contribution in [2.75, 3.05) is 19.8 Å². The number of hydrogen-bond acceptors (Lipinski definition) is 7. The predicted octanol–water partition coefficient (Wildman–Crippen LogP) is 3.60. The number of aliphatic hydroxyl groups excluding tert-OH is 2. The molecule has 0 aromatic carbocycles. The summed E-state index contributed by atoms with van der Waals surface area (Å²) in [5.41, 5.74) is 0. The molecular weight excluding hydrogens is 540 g/mol. The van der Waals surface area contributed by atoms with Crippen molar-refractivity contribution in [1.82, 2.24) is 10.6 Å². The van der Waals surface area contributed by atoms with E-state index in [2.05, 4.69) is 72.2 Å². The fraction of sp³-hybridized carbons (Fsp3) is 0.438. The number of aliphatic carboxylic acids is 1. The number of aliphatic hydroxyl groups is 2. The normalized spacial score (nSPS) is 13.1. The molecule has 2 amide bonds. The highest BCUT2D eigenvalue weighted by atomic mass is 16.6. The lowest BCUT2D eigenvalue weighted by Crippen LogP contribution is -2.50. The monoisotopic (exact) mass is 586 g/mol. The number of rotatable bonds is 23. The molecular formula is C32H46N2O8. The van der Waals surface area contributed by atoms with Crippen LogP contribution in [-0.4, -0.2) is 71.0 Å². The number of carbonyl (C=O) groups excluding carboxylic acids is 3. The maximum Gasteiger partial charge on any atom is 0.330 e. The second kappa shape index (κ2) is 27.2. The van der Waals surface area contributed by atoms with E-state index in [1.54, 1.807) is 0 Å². The standard InChI is InChI=1S/C32H46N2O8/c1-2-3-4-5-6-7-8-9-10-11-12-13-14-15-16-17-18-19-20-21-30(38)34-28(32(41)42-27(25-35)26-36)24-33-29(37)22-23-31(39)40/h3-4,6-7,9-10,12-13,15-16,18-19,22-23,27-28,35-36H,2,5,8,11,14,17,20-21,24-26H2,1H3,(H,33,37)(H,34,38)(H,39,40). The Morgan fingerprint density at radius 3 is 1.64 bits per heavy atom. The molecule has 0 aliphatic carbocycles. The third-order valence-corrected chi connectivity index (χ3v) is 5.30. The lowest BCUT2D eigenvalue weighted by atomic mass is 10.2. The molecule has 0 heterocycles. The van der Waals surface area contributed by atoms with Crippen molar-refractivity contribution in [1.29, 1.82) is 0 Å². The summed E-state index contributed by atoms with van der Waals surface area (Å²) in [6, 6.07) is -1.30. The van der Waals surface area contributed by atoms with Crippen molar-refractivity contribution in [3.8, 4) is 0 Å². The van der Waals surface area contributed by atoms with E-state index in [1.165, 1.54) is 0 Å². The van der Waals surface area contributed by atoms with Gasteiger partial charge in [0.2, 0.25) is 11.8 Å². The zero-order valence-corrected chi connectivity index (χ0v) is 24.4. The second-order valence-electron chi connectivity index (χ2n) is 8.91. The number of esters is 1. The topological polar surface area (TPSA) is 162 Å².